The van der Waals surface area contributed by atoms with Crippen molar-refractivity contribution in [2.75, 3.05) is 13.1 Å². The molecule has 0 unspecified atom stereocenters. The van der Waals surface area contributed by atoms with Gasteiger partial charge in [-0.25, -0.2) is 8.78 Å². The van der Waals surface area contributed by atoms with E-state index in [9.17, 15) is 18.4 Å². The molecule has 0 radical (unpaired) electrons. The van der Waals surface area contributed by atoms with Crippen LogP contribution in [0.2, 0.25) is 0 Å². The number of carbonyl (C=O) groups excluding carboxylic acids is 2. The Labute approximate surface area is 157 Å². The minimum absolute atomic E-state index is 0.0422. The quantitative estimate of drug-likeness (QED) is 0.812. The van der Waals surface area contributed by atoms with Gasteiger partial charge in [-0.3, -0.25) is 9.59 Å². The molecule has 2 aromatic carbocycles. The van der Waals surface area contributed by atoms with Crippen LogP contribution in [0, 0.1) is 11.6 Å². The van der Waals surface area contributed by atoms with Crippen LogP contribution in [0.5, 0.6) is 0 Å². The standard InChI is InChI=1S/C21H22F2N2O2/c1-2-25(14-19(26)24-13-15-3-7-17(22)8-4-15)20(27)21(11-12-21)16-5-9-18(23)10-6-16/h3-10H,2,11-14H2,1H3,(H,24,26). The van der Waals surface area contributed by atoms with Gasteiger partial charge in [0.1, 0.15) is 11.6 Å². The second-order valence-corrected chi connectivity index (χ2v) is 6.81. The molecule has 1 aliphatic rings. The molecule has 6 heteroatoms. The lowest BCUT2D eigenvalue weighted by Gasteiger charge is -2.26. The van der Waals surface area contributed by atoms with Crippen LogP contribution in [0.1, 0.15) is 30.9 Å². The number of rotatable bonds is 7. The second kappa shape index (κ2) is 7.86. The molecule has 0 bridgehead atoms. The van der Waals surface area contributed by atoms with E-state index >= 15 is 0 Å². The van der Waals surface area contributed by atoms with Crippen molar-refractivity contribution < 1.29 is 18.4 Å². The van der Waals surface area contributed by atoms with Gasteiger partial charge in [-0.15, -0.1) is 0 Å². The summed E-state index contributed by atoms with van der Waals surface area (Å²) in [7, 11) is 0. The molecule has 1 aliphatic carbocycles. The Balaban J connectivity index is 1.60. The van der Waals surface area contributed by atoms with Crippen molar-refractivity contribution in [2.24, 2.45) is 0 Å². The average Bonchev–Trinajstić information content (AvgIpc) is 3.47. The highest BCUT2D eigenvalue weighted by molar-refractivity contribution is 5.94. The molecule has 0 aromatic heterocycles. The van der Waals surface area contributed by atoms with Gasteiger partial charge in [-0.1, -0.05) is 24.3 Å². The number of hydrogen-bond acceptors (Lipinski definition) is 2. The smallest absolute Gasteiger partial charge is 0.239 e. The van der Waals surface area contributed by atoms with Gasteiger partial charge in [0.15, 0.2) is 0 Å². The van der Waals surface area contributed by atoms with Crippen LogP contribution >= 0.6 is 0 Å². The molecule has 142 valence electrons. The summed E-state index contributed by atoms with van der Waals surface area (Å²) in [6.07, 6.45) is 1.40. The van der Waals surface area contributed by atoms with Gasteiger partial charge in [0, 0.05) is 13.1 Å². The summed E-state index contributed by atoms with van der Waals surface area (Å²) in [5.74, 6) is -1.05. The monoisotopic (exact) mass is 372 g/mol. The Morgan fingerprint density at radius 3 is 2.07 bits per heavy atom. The van der Waals surface area contributed by atoms with Crippen molar-refractivity contribution in [3.63, 3.8) is 0 Å². The fourth-order valence-corrected chi connectivity index (χ4v) is 3.18. The van der Waals surface area contributed by atoms with Crippen molar-refractivity contribution in [3.05, 3.63) is 71.3 Å². The zero-order chi connectivity index (χ0) is 19.4. The van der Waals surface area contributed by atoms with Crippen LogP contribution in [-0.2, 0) is 21.5 Å². The van der Waals surface area contributed by atoms with Gasteiger partial charge in [0.05, 0.1) is 12.0 Å². The predicted octanol–water partition coefficient (Wildman–Crippen LogP) is 3.16. The summed E-state index contributed by atoms with van der Waals surface area (Å²) in [4.78, 5) is 26.8. The summed E-state index contributed by atoms with van der Waals surface area (Å²) < 4.78 is 26.1. The first-order valence-corrected chi connectivity index (χ1v) is 9.01. The molecule has 0 spiro atoms. The molecular weight excluding hydrogens is 350 g/mol. The Bertz CT molecular complexity index is 815. The molecule has 1 saturated carbocycles. The molecule has 2 aromatic rings. The number of likely N-dealkylation sites (N-methyl/N-ethyl adjacent to an activating group) is 1. The summed E-state index contributed by atoms with van der Waals surface area (Å²) in [5.41, 5.74) is 0.934. The topological polar surface area (TPSA) is 49.4 Å². The first kappa shape index (κ1) is 19.0. The third-order valence-corrected chi connectivity index (χ3v) is 4.96. The van der Waals surface area contributed by atoms with Crippen LogP contribution < -0.4 is 5.32 Å². The van der Waals surface area contributed by atoms with Crippen LogP contribution in [-0.4, -0.2) is 29.8 Å². The number of nitrogens with zero attached hydrogens (tertiary/aromatic N) is 1. The van der Waals surface area contributed by atoms with Crippen LogP contribution in [0.4, 0.5) is 8.78 Å². The maximum Gasteiger partial charge on any atom is 0.239 e. The number of halogens is 2. The number of amides is 2. The Kier molecular flexibility index (Phi) is 5.54. The summed E-state index contributed by atoms with van der Waals surface area (Å²) >= 11 is 0. The number of benzene rings is 2. The highest BCUT2D eigenvalue weighted by Gasteiger charge is 2.52. The summed E-state index contributed by atoms with van der Waals surface area (Å²) in [5, 5.41) is 2.75. The van der Waals surface area contributed by atoms with Gasteiger partial charge in [0.2, 0.25) is 11.8 Å². The zero-order valence-electron chi connectivity index (χ0n) is 15.2. The number of carbonyl (C=O) groups is 2. The fraction of sp³-hybridized carbons (Fsp3) is 0.333. The van der Waals surface area contributed by atoms with Crippen molar-refractivity contribution in [1.82, 2.24) is 10.2 Å². The van der Waals surface area contributed by atoms with E-state index in [-0.39, 0.29) is 36.5 Å². The van der Waals surface area contributed by atoms with Crippen molar-refractivity contribution >= 4 is 11.8 Å². The summed E-state index contributed by atoms with van der Waals surface area (Å²) in [6.45, 7) is 2.46. The molecule has 0 aliphatic heterocycles. The van der Waals surface area contributed by atoms with Gasteiger partial charge in [-0.05, 0) is 55.2 Å². The fourth-order valence-electron chi connectivity index (χ4n) is 3.18. The molecule has 0 heterocycles. The Morgan fingerprint density at radius 1 is 1.00 bits per heavy atom. The van der Waals surface area contributed by atoms with E-state index in [0.29, 0.717) is 19.4 Å². The van der Waals surface area contributed by atoms with E-state index in [1.165, 1.54) is 29.2 Å². The zero-order valence-corrected chi connectivity index (χ0v) is 15.2. The van der Waals surface area contributed by atoms with Crippen molar-refractivity contribution in [2.45, 2.75) is 31.7 Å². The third kappa shape index (κ3) is 4.32. The lowest BCUT2D eigenvalue weighted by atomic mass is 9.94. The molecule has 1 fully saturated rings. The molecule has 0 saturated heterocycles. The highest BCUT2D eigenvalue weighted by atomic mass is 19.1. The van der Waals surface area contributed by atoms with Crippen LogP contribution in [0.25, 0.3) is 0 Å². The predicted molar refractivity (Wildman–Crippen MR) is 97.8 cm³/mol. The minimum atomic E-state index is -0.638. The van der Waals surface area contributed by atoms with E-state index in [1.54, 1.807) is 24.3 Å². The number of hydrogen-bond donors (Lipinski definition) is 1. The van der Waals surface area contributed by atoms with E-state index in [4.69, 9.17) is 0 Å². The Morgan fingerprint density at radius 2 is 1.56 bits per heavy atom. The van der Waals surface area contributed by atoms with Crippen LogP contribution in [0.3, 0.4) is 0 Å². The normalized spacial score (nSPS) is 14.5. The third-order valence-electron chi connectivity index (χ3n) is 4.96. The van der Waals surface area contributed by atoms with E-state index in [0.717, 1.165) is 11.1 Å². The molecule has 0 atom stereocenters. The maximum atomic E-state index is 13.2. The van der Waals surface area contributed by atoms with E-state index < -0.39 is 5.41 Å². The van der Waals surface area contributed by atoms with Gasteiger partial charge >= 0.3 is 0 Å². The average molecular weight is 372 g/mol. The lowest BCUT2D eigenvalue weighted by Crippen LogP contribution is -2.45. The molecule has 1 N–H and O–H groups in total. The number of nitrogens with one attached hydrogen (secondary N) is 1. The van der Waals surface area contributed by atoms with E-state index in [2.05, 4.69) is 5.32 Å². The first-order valence-electron chi connectivity index (χ1n) is 9.01. The Hall–Kier alpha value is -2.76. The van der Waals surface area contributed by atoms with Gasteiger partial charge in [0.25, 0.3) is 0 Å². The molecule has 2 amide bonds. The van der Waals surface area contributed by atoms with Crippen LogP contribution in [0.15, 0.2) is 48.5 Å². The minimum Gasteiger partial charge on any atom is -0.350 e. The SMILES string of the molecule is CCN(CC(=O)NCc1ccc(F)cc1)C(=O)C1(c2ccc(F)cc2)CC1. The highest BCUT2D eigenvalue weighted by Crippen LogP contribution is 2.49. The molecule has 3 rings (SSSR count). The van der Waals surface area contributed by atoms with Crippen molar-refractivity contribution in [3.8, 4) is 0 Å². The molecular formula is C21H22F2N2O2. The lowest BCUT2D eigenvalue weighted by molar-refractivity contribution is -0.138. The molecule has 27 heavy (non-hydrogen) atoms. The first-order chi connectivity index (χ1) is 12.9. The van der Waals surface area contributed by atoms with E-state index in [1.807, 2.05) is 6.92 Å². The molecule has 4 nitrogen and oxygen atoms in total. The maximum absolute atomic E-state index is 13.2. The van der Waals surface area contributed by atoms with Gasteiger partial charge in [-0.2, -0.15) is 0 Å². The van der Waals surface area contributed by atoms with Gasteiger partial charge < -0.3 is 10.2 Å². The largest absolute Gasteiger partial charge is 0.350 e. The summed E-state index contributed by atoms with van der Waals surface area (Å²) in [6, 6.07) is 11.9. The second-order valence-electron chi connectivity index (χ2n) is 6.81. The van der Waals surface area contributed by atoms with Crippen molar-refractivity contribution in [1.29, 1.82) is 0 Å².